The van der Waals surface area contributed by atoms with E-state index >= 15 is 0 Å². The molecule has 0 radical (unpaired) electrons. The maximum atomic E-state index is 4.86. The first-order chi connectivity index (χ1) is 11.8. The van der Waals surface area contributed by atoms with Gasteiger partial charge in [-0.3, -0.25) is 0 Å². The molecule has 0 aliphatic carbocycles. The number of benzene rings is 2. The minimum Gasteiger partial charge on any atom is -0.241 e. The molecule has 0 spiro atoms. The van der Waals surface area contributed by atoms with Crippen molar-refractivity contribution in [3.63, 3.8) is 0 Å². The van der Waals surface area contributed by atoms with Gasteiger partial charge in [-0.15, -0.1) is 22.7 Å². The van der Waals surface area contributed by atoms with Gasteiger partial charge in [0, 0.05) is 11.5 Å². The molecule has 2 nitrogen and oxygen atoms in total. The molecule has 4 heteroatoms. The fourth-order valence-corrected chi connectivity index (χ4v) is 4.85. The summed E-state index contributed by atoms with van der Waals surface area (Å²) in [4.78, 5) is 9.59. The Morgan fingerprint density at radius 2 is 1.52 bits per heavy atom. The smallest absolute Gasteiger partial charge is 0.124 e. The third-order valence-electron chi connectivity index (χ3n) is 4.40. The van der Waals surface area contributed by atoms with Crippen molar-refractivity contribution in [3.8, 4) is 10.6 Å². The van der Waals surface area contributed by atoms with Crippen LogP contribution in [0.4, 0.5) is 0 Å². The second-order valence-corrected chi connectivity index (χ2v) is 9.93. The van der Waals surface area contributed by atoms with E-state index in [4.69, 9.17) is 9.97 Å². The van der Waals surface area contributed by atoms with E-state index in [0.717, 1.165) is 16.0 Å². The summed E-state index contributed by atoms with van der Waals surface area (Å²) in [5.74, 6) is 0.471. The van der Waals surface area contributed by atoms with Crippen LogP contribution in [0.3, 0.4) is 0 Å². The molecule has 0 bridgehead atoms. The summed E-state index contributed by atoms with van der Waals surface area (Å²) in [6, 6.07) is 13.2. The van der Waals surface area contributed by atoms with Gasteiger partial charge in [0.2, 0.25) is 0 Å². The van der Waals surface area contributed by atoms with Crippen molar-refractivity contribution in [3.05, 3.63) is 47.0 Å². The summed E-state index contributed by atoms with van der Waals surface area (Å²) in [5, 5.41) is 2.29. The molecule has 4 aromatic rings. The zero-order chi connectivity index (χ0) is 17.8. The molecule has 0 saturated carbocycles. The van der Waals surface area contributed by atoms with Crippen LogP contribution in [-0.2, 0) is 5.41 Å². The van der Waals surface area contributed by atoms with Crippen LogP contribution in [0.15, 0.2) is 36.4 Å². The van der Waals surface area contributed by atoms with Gasteiger partial charge >= 0.3 is 0 Å². The maximum Gasteiger partial charge on any atom is 0.124 e. The largest absolute Gasteiger partial charge is 0.241 e. The second kappa shape index (κ2) is 5.89. The third-order valence-corrected chi connectivity index (χ3v) is 6.79. The summed E-state index contributed by atoms with van der Waals surface area (Å²) in [6.45, 7) is 11.1. The maximum absolute atomic E-state index is 4.86. The zero-order valence-electron chi connectivity index (χ0n) is 15.3. The van der Waals surface area contributed by atoms with E-state index in [1.165, 1.54) is 25.5 Å². The van der Waals surface area contributed by atoms with E-state index < -0.39 is 0 Å². The molecule has 2 aromatic carbocycles. The van der Waals surface area contributed by atoms with Crippen molar-refractivity contribution in [2.45, 2.75) is 46.0 Å². The van der Waals surface area contributed by atoms with E-state index in [2.05, 4.69) is 71.0 Å². The molecule has 0 amide bonds. The molecular formula is C21H22N2S2. The monoisotopic (exact) mass is 366 g/mol. The lowest BCUT2D eigenvalue weighted by molar-refractivity contribution is 0.591. The standard InChI is InChI=1S/C21H22N2S2/c1-12(2)19-22-15-8-6-13(10-17(15)24-19)20-23-16-9-7-14(21(3,4)5)11-18(16)25-20/h6-12H,1-5H3. The van der Waals surface area contributed by atoms with Crippen LogP contribution in [-0.4, -0.2) is 9.97 Å². The Morgan fingerprint density at radius 1 is 0.840 bits per heavy atom. The van der Waals surface area contributed by atoms with Gasteiger partial charge in [-0.2, -0.15) is 0 Å². The van der Waals surface area contributed by atoms with Crippen molar-refractivity contribution >= 4 is 43.1 Å². The predicted octanol–water partition coefficient (Wildman–Crippen LogP) is 6.99. The number of fused-ring (bicyclic) bond motifs is 2. The van der Waals surface area contributed by atoms with Gasteiger partial charge in [-0.05, 0) is 41.3 Å². The molecule has 0 fully saturated rings. The Morgan fingerprint density at radius 3 is 2.24 bits per heavy atom. The molecule has 2 aromatic heterocycles. The van der Waals surface area contributed by atoms with E-state index in [1.807, 2.05) is 0 Å². The molecule has 0 saturated heterocycles. The fraction of sp³-hybridized carbons (Fsp3) is 0.333. The topological polar surface area (TPSA) is 25.8 Å². The number of hydrogen-bond donors (Lipinski definition) is 0. The predicted molar refractivity (Wildman–Crippen MR) is 111 cm³/mol. The Labute approximate surface area is 156 Å². The molecule has 0 N–H and O–H groups in total. The number of nitrogens with zero attached hydrogens (tertiary/aromatic N) is 2. The van der Waals surface area contributed by atoms with Gasteiger partial charge in [0.05, 0.1) is 25.4 Å². The molecule has 0 atom stereocenters. The molecule has 0 unspecified atom stereocenters. The molecular weight excluding hydrogens is 344 g/mol. The van der Waals surface area contributed by atoms with Gasteiger partial charge in [0.25, 0.3) is 0 Å². The summed E-state index contributed by atoms with van der Waals surface area (Å²) in [5.41, 5.74) is 4.88. The van der Waals surface area contributed by atoms with Crippen LogP contribution in [0.2, 0.25) is 0 Å². The van der Waals surface area contributed by atoms with E-state index in [0.29, 0.717) is 5.92 Å². The highest BCUT2D eigenvalue weighted by Crippen LogP contribution is 2.36. The highest BCUT2D eigenvalue weighted by Gasteiger charge is 2.16. The quantitative estimate of drug-likeness (QED) is 0.382. The van der Waals surface area contributed by atoms with Crippen LogP contribution in [0.25, 0.3) is 31.0 Å². The SMILES string of the molecule is CC(C)c1nc2ccc(-c3nc4ccc(C(C)(C)C)cc4s3)cc2s1. The van der Waals surface area contributed by atoms with Gasteiger partial charge in [0.1, 0.15) is 5.01 Å². The Kier molecular flexibility index (Phi) is 3.93. The fourth-order valence-electron chi connectivity index (χ4n) is 2.84. The Balaban J connectivity index is 1.79. The number of thiazole rings is 2. The average molecular weight is 367 g/mol. The van der Waals surface area contributed by atoms with Gasteiger partial charge in [-0.1, -0.05) is 40.7 Å². The van der Waals surface area contributed by atoms with Crippen LogP contribution >= 0.6 is 22.7 Å². The minimum absolute atomic E-state index is 0.160. The Hall–Kier alpha value is -1.78. The first kappa shape index (κ1) is 16.7. The number of rotatable bonds is 2. The first-order valence-electron chi connectivity index (χ1n) is 8.63. The van der Waals surface area contributed by atoms with Crippen molar-refractivity contribution in [2.24, 2.45) is 0 Å². The summed E-state index contributed by atoms with van der Waals surface area (Å²) in [6.07, 6.45) is 0. The lowest BCUT2D eigenvalue weighted by atomic mass is 9.87. The van der Waals surface area contributed by atoms with Crippen LogP contribution in [0.1, 0.15) is 51.1 Å². The van der Waals surface area contributed by atoms with Crippen molar-refractivity contribution < 1.29 is 0 Å². The lowest BCUT2D eigenvalue weighted by Gasteiger charge is -2.18. The van der Waals surface area contributed by atoms with E-state index in [1.54, 1.807) is 22.7 Å². The average Bonchev–Trinajstić information content (AvgIpc) is 3.16. The highest BCUT2D eigenvalue weighted by molar-refractivity contribution is 7.21. The third kappa shape index (κ3) is 3.09. The number of aromatic nitrogens is 2. The molecule has 0 aliphatic heterocycles. The van der Waals surface area contributed by atoms with E-state index in [9.17, 15) is 0 Å². The van der Waals surface area contributed by atoms with Crippen molar-refractivity contribution in [1.82, 2.24) is 9.97 Å². The van der Waals surface area contributed by atoms with Crippen LogP contribution < -0.4 is 0 Å². The normalized spacial score (nSPS) is 12.6. The van der Waals surface area contributed by atoms with Gasteiger partial charge in [0.15, 0.2) is 0 Å². The van der Waals surface area contributed by atoms with Crippen LogP contribution in [0.5, 0.6) is 0 Å². The number of hydrogen-bond acceptors (Lipinski definition) is 4. The van der Waals surface area contributed by atoms with Gasteiger partial charge < -0.3 is 0 Å². The second-order valence-electron chi connectivity index (χ2n) is 7.84. The highest BCUT2D eigenvalue weighted by atomic mass is 32.1. The van der Waals surface area contributed by atoms with Crippen molar-refractivity contribution in [2.75, 3.05) is 0 Å². The Bertz CT molecular complexity index is 1060. The first-order valence-corrected chi connectivity index (χ1v) is 10.3. The van der Waals surface area contributed by atoms with Gasteiger partial charge in [-0.25, -0.2) is 9.97 Å². The minimum atomic E-state index is 0.160. The van der Waals surface area contributed by atoms with Crippen molar-refractivity contribution in [1.29, 1.82) is 0 Å². The molecule has 25 heavy (non-hydrogen) atoms. The molecule has 2 heterocycles. The summed E-state index contributed by atoms with van der Waals surface area (Å²) in [7, 11) is 0. The molecule has 4 rings (SSSR count). The summed E-state index contributed by atoms with van der Waals surface area (Å²) < 4.78 is 2.51. The zero-order valence-corrected chi connectivity index (χ0v) is 16.9. The van der Waals surface area contributed by atoms with E-state index in [-0.39, 0.29) is 5.41 Å². The molecule has 0 aliphatic rings. The van der Waals surface area contributed by atoms with Crippen LogP contribution in [0, 0.1) is 0 Å². The molecule has 128 valence electrons. The summed E-state index contributed by atoms with van der Waals surface area (Å²) >= 11 is 3.57. The lowest BCUT2D eigenvalue weighted by Crippen LogP contribution is -2.10.